The van der Waals surface area contributed by atoms with Crippen molar-refractivity contribution in [1.82, 2.24) is 9.38 Å². The molecule has 0 radical (unpaired) electrons. The van der Waals surface area contributed by atoms with Crippen molar-refractivity contribution in [2.75, 3.05) is 0 Å². The Hall–Kier alpha value is -2.12. The Bertz CT molecular complexity index is 763. The number of pyridine rings is 1. The minimum Gasteiger partial charge on any atom is -0.302 e. The van der Waals surface area contributed by atoms with E-state index in [1.54, 1.807) is 11.3 Å². The number of hydrogen-bond acceptors (Lipinski definition) is 3. The lowest BCUT2D eigenvalue weighted by Gasteiger charge is -2.05. The summed E-state index contributed by atoms with van der Waals surface area (Å²) in [5, 5.41) is 11.3. The molecule has 3 nitrogen and oxygen atoms in total. The number of aromatic nitrogens is 2. The number of nitriles is 1. The summed E-state index contributed by atoms with van der Waals surface area (Å²) in [5.41, 5.74) is 3.97. The Morgan fingerprint density at radius 1 is 1.42 bits per heavy atom. The molecule has 0 bridgehead atoms. The van der Waals surface area contributed by atoms with Gasteiger partial charge in [-0.25, -0.2) is 4.98 Å². The molecule has 19 heavy (non-hydrogen) atoms. The van der Waals surface area contributed by atoms with Crippen LogP contribution in [0.3, 0.4) is 0 Å². The van der Waals surface area contributed by atoms with E-state index in [4.69, 9.17) is 4.98 Å². The molecule has 0 aliphatic rings. The van der Waals surface area contributed by atoms with Crippen molar-refractivity contribution in [3.05, 3.63) is 47.1 Å². The van der Waals surface area contributed by atoms with Crippen LogP contribution in [0.1, 0.15) is 24.1 Å². The molecular weight excluding hydrogens is 254 g/mol. The van der Waals surface area contributed by atoms with Gasteiger partial charge in [0.1, 0.15) is 11.3 Å². The third-order valence-corrected chi connectivity index (χ3v) is 4.05. The van der Waals surface area contributed by atoms with Gasteiger partial charge in [0.05, 0.1) is 22.6 Å². The summed E-state index contributed by atoms with van der Waals surface area (Å²) in [6.07, 6.45) is 2.00. The predicted molar refractivity (Wildman–Crippen MR) is 77.3 cm³/mol. The highest BCUT2D eigenvalue weighted by Crippen LogP contribution is 2.32. The van der Waals surface area contributed by atoms with Gasteiger partial charge in [-0.1, -0.05) is 6.07 Å². The molecule has 1 atom stereocenters. The molecule has 0 aliphatic heterocycles. The van der Waals surface area contributed by atoms with Crippen LogP contribution >= 0.6 is 11.3 Å². The lowest BCUT2D eigenvalue weighted by molar-refractivity contribution is 0.900. The summed E-state index contributed by atoms with van der Waals surface area (Å²) in [6.45, 7) is 3.97. The second-order valence-electron chi connectivity index (χ2n) is 4.61. The number of rotatable bonds is 2. The summed E-state index contributed by atoms with van der Waals surface area (Å²) >= 11 is 1.65. The van der Waals surface area contributed by atoms with Crippen LogP contribution in [0.15, 0.2) is 35.8 Å². The highest BCUT2D eigenvalue weighted by atomic mass is 32.1. The first-order valence-corrected chi connectivity index (χ1v) is 7.01. The summed E-state index contributed by atoms with van der Waals surface area (Å²) in [5.74, 6) is -0.185. The molecule has 0 aliphatic carbocycles. The molecule has 0 fully saturated rings. The zero-order valence-corrected chi connectivity index (χ0v) is 11.6. The van der Waals surface area contributed by atoms with E-state index in [0.717, 1.165) is 21.9 Å². The number of fused-ring (bicyclic) bond motifs is 1. The topological polar surface area (TPSA) is 41.1 Å². The maximum absolute atomic E-state index is 9.25. The van der Waals surface area contributed by atoms with Gasteiger partial charge in [-0.05, 0) is 43.0 Å². The van der Waals surface area contributed by atoms with Crippen LogP contribution in [0.5, 0.6) is 0 Å². The van der Waals surface area contributed by atoms with Gasteiger partial charge in [-0.3, -0.25) is 0 Å². The van der Waals surface area contributed by atoms with Crippen LogP contribution in [0.4, 0.5) is 0 Å². The highest BCUT2D eigenvalue weighted by molar-refractivity contribution is 7.13. The second-order valence-corrected chi connectivity index (χ2v) is 5.55. The summed E-state index contributed by atoms with van der Waals surface area (Å²) in [6, 6.07) is 10.5. The molecule has 0 saturated heterocycles. The second kappa shape index (κ2) is 4.52. The Morgan fingerprint density at radius 2 is 2.26 bits per heavy atom. The SMILES string of the molecule is Cc1ccn2c(C(C)C#N)c(-c3cccs3)nc2c1. The molecule has 3 aromatic rings. The van der Waals surface area contributed by atoms with Gasteiger partial charge in [-0.15, -0.1) is 11.3 Å². The van der Waals surface area contributed by atoms with E-state index >= 15 is 0 Å². The fraction of sp³-hybridized carbons (Fsp3) is 0.200. The molecule has 0 N–H and O–H groups in total. The zero-order valence-electron chi connectivity index (χ0n) is 10.8. The van der Waals surface area contributed by atoms with E-state index in [1.807, 2.05) is 54.1 Å². The van der Waals surface area contributed by atoms with Gasteiger partial charge in [0.2, 0.25) is 0 Å². The third-order valence-electron chi connectivity index (χ3n) is 3.18. The van der Waals surface area contributed by atoms with E-state index in [2.05, 4.69) is 6.07 Å². The minimum atomic E-state index is -0.185. The first kappa shape index (κ1) is 11.9. The lowest BCUT2D eigenvalue weighted by atomic mass is 10.1. The van der Waals surface area contributed by atoms with Crippen molar-refractivity contribution in [2.45, 2.75) is 19.8 Å². The van der Waals surface area contributed by atoms with Crippen LogP contribution in [-0.2, 0) is 0 Å². The fourth-order valence-electron chi connectivity index (χ4n) is 2.24. The molecule has 3 heterocycles. The number of imidazole rings is 1. The van der Waals surface area contributed by atoms with Crippen LogP contribution in [0, 0.1) is 18.3 Å². The zero-order chi connectivity index (χ0) is 13.4. The fourth-order valence-corrected chi connectivity index (χ4v) is 2.96. The first-order chi connectivity index (χ1) is 9.20. The van der Waals surface area contributed by atoms with Crippen molar-refractivity contribution < 1.29 is 0 Å². The Morgan fingerprint density at radius 3 is 2.95 bits per heavy atom. The van der Waals surface area contributed by atoms with Gasteiger partial charge in [0, 0.05) is 6.20 Å². The van der Waals surface area contributed by atoms with Gasteiger partial charge >= 0.3 is 0 Å². The van der Waals surface area contributed by atoms with Crippen molar-refractivity contribution in [2.24, 2.45) is 0 Å². The quantitative estimate of drug-likeness (QED) is 0.704. The molecule has 0 spiro atoms. The van der Waals surface area contributed by atoms with Gasteiger partial charge in [0.15, 0.2) is 0 Å². The average molecular weight is 267 g/mol. The Balaban J connectivity index is 2.35. The van der Waals surface area contributed by atoms with E-state index in [-0.39, 0.29) is 5.92 Å². The maximum atomic E-state index is 9.25. The Kier molecular flexibility index (Phi) is 2.84. The number of hydrogen-bond donors (Lipinski definition) is 0. The summed E-state index contributed by atoms with van der Waals surface area (Å²) < 4.78 is 2.02. The first-order valence-electron chi connectivity index (χ1n) is 6.13. The maximum Gasteiger partial charge on any atom is 0.137 e. The van der Waals surface area contributed by atoms with Crippen molar-refractivity contribution in [3.63, 3.8) is 0 Å². The molecule has 3 rings (SSSR count). The van der Waals surface area contributed by atoms with Crippen molar-refractivity contribution in [1.29, 1.82) is 5.26 Å². The van der Waals surface area contributed by atoms with Gasteiger partial charge in [0.25, 0.3) is 0 Å². The summed E-state index contributed by atoms with van der Waals surface area (Å²) in [7, 11) is 0. The number of thiophene rings is 1. The highest BCUT2D eigenvalue weighted by Gasteiger charge is 2.19. The molecule has 0 amide bonds. The van der Waals surface area contributed by atoms with Crippen LogP contribution in [0.2, 0.25) is 0 Å². The van der Waals surface area contributed by atoms with E-state index < -0.39 is 0 Å². The van der Waals surface area contributed by atoms with E-state index in [1.165, 1.54) is 5.56 Å². The van der Waals surface area contributed by atoms with E-state index in [0.29, 0.717) is 0 Å². The molecule has 94 valence electrons. The normalized spacial score (nSPS) is 12.5. The summed E-state index contributed by atoms with van der Waals surface area (Å²) in [4.78, 5) is 5.82. The van der Waals surface area contributed by atoms with Crippen LogP contribution in [0.25, 0.3) is 16.2 Å². The van der Waals surface area contributed by atoms with Crippen LogP contribution < -0.4 is 0 Å². The Labute approximate surface area is 115 Å². The molecule has 4 heteroatoms. The van der Waals surface area contributed by atoms with E-state index in [9.17, 15) is 5.26 Å². The van der Waals surface area contributed by atoms with Crippen LogP contribution in [-0.4, -0.2) is 9.38 Å². The monoisotopic (exact) mass is 267 g/mol. The predicted octanol–water partition coefficient (Wildman–Crippen LogP) is 4.00. The smallest absolute Gasteiger partial charge is 0.137 e. The molecule has 0 aromatic carbocycles. The van der Waals surface area contributed by atoms with Gasteiger partial charge < -0.3 is 4.40 Å². The number of nitrogens with zero attached hydrogens (tertiary/aromatic N) is 3. The lowest BCUT2D eigenvalue weighted by Crippen LogP contribution is -1.98. The number of aryl methyl sites for hydroxylation is 1. The molecular formula is C15H13N3S. The van der Waals surface area contributed by atoms with Crippen molar-refractivity contribution in [3.8, 4) is 16.6 Å². The molecule has 0 saturated carbocycles. The third kappa shape index (κ3) is 1.92. The largest absolute Gasteiger partial charge is 0.302 e. The molecule has 3 aromatic heterocycles. The average Bonchev–Trinajstić information content (AvgIpc) is 3.03. The van der Waals surface area contributed by atoms with Crippen molar-refractivity contribution >= 4 is 17.0 Å². The minimum absolute atomic E-state index is 0.185. The standard InChI is InChI=1S/C15H13N3S/c1-10-5-6-18-13(8-10)17-14(12-4-3-7-19-12)15(18)11(2)9-16/h3-8,11H,1-2H3. The van der Waals surface area contributed by atoms with Gasteiger partial charge in [-0.2, -0.15) is 5.26 Å². The molecule has 1 unspecified atom stereocenters.